The summed E-state index contributed by atoms with van der Waals surface area (Å²) in [6.07, 6.45) is 0.592. The van der Waals surface area contributed by atoms with Gasteiger partial charge in [-0.2, -0.15) is 5.10 Å². The number of benzene rings is 1. The first-order chi connectivity index (χ1) is 9.19. The molecule has 19 heavy (non-hydrogen) atoms. The van der Waals surface area contributed by atoms with E-state index in [1.807, 2.05) is 6.92 Å². The number of hydrogen-bond acceptors (Lipinski definition) is 3. The maximum absolute atomic E-state index is 13.2. The molecule has 2 aromatic rings. The van der Waals surface area contributed by atoms with Crippen molar-refractivity contribution in [3.8, 4) is 17.0 Å². The van der Waals surface area contributed by atoms with Crippen LogP contribution < -0.4 is 10.1 Å². The van der Waals surface area contributed by atoms with E-state index in [9.17, 15) is 9.18 Å². The summed E-state index contributed by atoms with van der Waals surface area (Å²) in [5.41, 5.74) is 1.29. The number of amides is 1. The molecule has 0 saturated carbocycles. The molecule has 1 aromatic heterocycles. The van der Waals surface area contributed by atoms with Gasteiger partial charge in [-0.05, 0) is 19.1 Å². The zero-order valence-corrected chi connectivity index (χ0v) is 10.7. The van der Waals surface area contributed by atoms with Crippen molar-refractivity contribution in [1.29, 1.82) is 0 Å². The Morgan fingerprint density at radius 1 is 1.47 bits per heavy atom. The fourth-order valence-electron chi connectivity index (χ4n) is 1.84. The van der Waals surface area contributed by atoms with E-state index < -0.39 is 0 Å². The second kappa shape index (κ2) is 5.51. The largest absolute Gasteiger partial charge is 0.496 e. The van der Waals surface area contributed by atoms with Crippen molar-refractivity contribution in [2.45, 2.75) is 13.5 Å². The van der Waals surface area contributed by atoms with E-state index >= 15 is 0 Å². The predicted octanol–water partition coefficient (Wildman–Crippen LogP) is 2.29. The molecular formula is C13H14FN3O2. The van der Waals surface area contributed by atoms with Crippen LogP contribution in [0.5, 0.6) is 5.75 Å². The average molecular weight is 263 g/mol. The van der Waals surface area contributed by atoms with Crippen LogP contribution in [0.4, 0.5) is 10.2 Å². The van der Waals surface area contributed by atoms with Crippen LogP contribution >= 0.6 is 0 Å². The number of nitrogens with one attached hydrogen (secondary N) is 1. The molecule has 0 atom stereocenters. The number of anilines is 1. The first kappa shape index (κ1) is 13.1. The van der Waals surface area contributed by atoms with Crippen molar-refractivity contribution in [1.82, 2.24) is 9.78 Å². The van der Waals surface area contributed by atoms with E-state index in [1.54, 1.807) is 16.8 Å². The van der Waals surface area contributed by atoms with Crippen molar-refractivity contribution in [3.63, 3.8) is 0 Å². The fourth-order valence-corrected chi connectivity index (χ4v) is 1.84. The average Bonchev–Trinajstić information content (AvgIpc) is 2.82. The first-order valence-electron chi connectivity index (χ1n) is 5.81. The van der Waals surface area contributed by atoms with Gasteiger partial charge in [0.2, 0.25) is 6.41 Å². The standard InChI is InChI=1S/C13H14FN3O2/c1-3-17-13(15-8-18)7-11(16-17)10-5-4-9(14)6-12(10)19-2/h4-8H,3H2,1-2H3,(H,15,18). The molecule has 1 amide bonds. The Labute approximate surface area is 110 Å². The lowest BCUT2D eigenvalue weighted by Gasteiger charge is -2.05. The van der Waals surface area contributed by atoms with E-state index in [0.717, 1.165) is 0 Å². The molecule has 0 spiro atoms. The normalized spacial score (nSPS) is 10.3. The van der Waals surface area contributed by atoms with Gasteiger partial charge in [-0.1, -0.05) is 0 Å². The lowest BCUT2D eigenvalue weighted by Crippen LogP contribution is -2.04. The molecule has 2 rings (SSSR count). The molecule has 0 aliphatic carbocycles. The lowest BCUT2D eigenvalue weighted by atomic mass is 10.1. The highest BCUT2D eigenvalue weighted by Crippen LogP contribution is 2.31. The number of nitrogens with zero attached hydrogens (tertiary/aromatic N) is 2. The monoisotopic (exact) mass is 263 g/mol. The molecule has 0 unspecified atom stereocenters. The minimum atomic E-state index is -0.373. The summed E-state index contributed by atoms with van der Waals surface area (Å²) in [6, 6.07) is 5.96. The van der Waals surface area contributed by atoms with Crippen LogP contribution in [-0.2, 0) is 11.3 Å². The van der Waals surface area contributed by atoms with Gasteiger partial charge < -0.3 is 10.1 Å². The molecule has 1 aromatic carbocycles. The summed E-state index contributed by atoms with van der Waals surface area (Å²) in [5, 5.41) is 6.92. The number of halogens is 1. The Morgan fingerprint density at radius 2 is 2.26 bits per heavy atom. The molecule has 0 saturated heterocycles. The van der Waals surface area contributed by atoms with Gasteiger partial charge in [0.25, 0.3) is 0 Å². The van der Waals surface area contributed by atoms with Gasteiger partial charge in [0.15, 0.2) is 0 Å². The zero-order chi connectivity index (χ0) is 13.8. The summed E-state index contributed by atoms with van der Waals surface area (Å²) in [4.78, 5) is 10.5. The maximum atomic E-state index is 13.2. The van der Waals surface area contributed by atoms with Crippen molar-refractivity contribution < 1.29 is 13.9 Å². The zero-order valence-electron chi connectivity index (χ0n) is 10.7. The number of rotatable bonds is 5. The van der Waals surface area contributed by atoms with Crippen LogP contribution in [0.2, 0.25) is 0 Å². The van der Waals surface area contributed by atoms with Crippen molar-refractivity contribution in [3.05, 3.63) is 30.1 Å². The van der Waals surface area contributed by atoms with Crippen LogP contribution in [0.1, 0.15) is 6.92 Å². The van der Waals surface area contributed by atoms with Gasteiger partial charge in [0.05, 0.1) is 12.8 Å². The number of ether oxygens (including phenoxy) is 1. The Kier molecular flexibility index (Phi) is 3.79. The third-order valence-corrected chi connectivity index (χ3v) is 2.73. The highest BCUT2D eigenvalue weighted by molar-refractivity contribution is 5.75. The fraction of sp³-hybridized carbons (Fsp3) is 0.231. The van der Waals surface area contributed by atoms with Crippen LogP contribution in [0.15, 0.2) is 24.3 Å². The smallest absolute Gasteiger partial charge is 0.212 e. The van der Waals surface area contributed by atoms with Crippen molar-refractivity contribution in [2.24, 2.45) is 0 Å². The molecular weight excluding hydrogens is 249 g/mol. The number of methoxy groups -OCH3 is 1. The molecule has 1 N–H and O–H groups in total. The van der Waals surface area contributed by atoms with Gasteiger partial charge in [-0.15, -0.1) is 0 Å². The van der Waals surface area contributed by atoms with E-state index in [1.165, 1.54) is 19.2 Å². The Morgan fingerprint density at radius 3 is 2.89 bits per heavy atom. The molecule has 6 heteroatoms. The summed E-state index contributed by atoms with van der Waals surface area (Å²) in [7, 11) is 1.47. The highest BCUT2D eigenvalue weighted by atomic mass is 19.1. The van der Waals surface area contributed by atoms with Crippen molar-refractivity contribution in [2.75, 3.05) is 12.4 Å². The molecule has 100 valence electrons. The molecule has 5 nitrogen and oxygen atoms in total. The quantitative estimate of drug-likeness (QED) is 0.842. The SMILES string of the molecule is CCn1nc(-c2ccc(F)cc2OC)cc1NC=O. The number of aromatic nitrogens is 2. The summed E-state index contributed by atoms with van der Waals surface area (Å²) in [6.45, 7) is 2.52. The summed E-state index contributed by atoms with van der Waals surface area (Å²) < 4.78 is 19.9. The van der Waals surface area contributed by atoms with Gasteiger partial charge in [-0.3, -0.25) is 4.79 Å². The van der Waals surface area contributed by atoms with Crippen LogP contribution in [-0.4, -0.2) is 23.3 Å². The summed E-state index contributed by atoms with van der Waals surface area (Å²) >= 11 is 0. The number of aryl methyl sites for hydroxylation is 1. The second-order valence-electron chi connectivity index (χ2n) is 3.84. The Bertz CT molecular complexity index is 596. The van der Waals surface area contributed by atoms with Crippen LogP contribution in [0, 0.1) is 5.82 Å². The molecule has 0 aliphatic heterocycles. The topological polar surface area (TPSA) is 56.1 Å². The minimum absolute atomic E-state index is 0.373. The minimum Gasteiger partial charge on any atom is -0.496 e. The van der Waals surface area contributed by atoms with Gasteiger partial charge in [0.1, 0.15) is 17.4 Å². The van der Waals surface area contributed by atoms with Crippen LogP contribution in [0.3, 0.4) is 0 Å². The van der Waals surface area contributed by atoms with E-state index in [-0.39, 0.29) is 5.82 Å². The third kappa shape index (κ3) is 2.57. The van der Waals surface area contributed by atoms with E-state index in [4.69, 9.17) is 4.74 Å². The second-order valence-corrected chi connectivity index (χ2v) is 3.84. The third-order valence-electron chi connectivity index (χ3n) is 2.73. The highest BCUT2D eigenvalue weighted by Gasteiger charge is 2.13. The molecule has 0 fully saturated rings. The van der Waals surface area contributed by atoms with Gasteiger partial charge >= 0.3 is 0 Å². The van der Waals surface area contributed by atoms with Crippen molar-refractivity contribution >= 4 is 12.2 Å². The number of carbonyl (C=O) groups excluding carboxylic acids is 1. The van der Waals surface area contributed by atoms with Gasteiger partial charge in [0, 0.05) is 24.2 Å². The maximum Gasteiger partial charge on any atom is 0.212 e. The molecule has 0 radical (unpaired) electrons. The van der Waals surface area contributed by atoms with E-state index in [0.29, 0.717) is 35.8 Å². The predicted molar refractivity (Wildman–Crippen MR) is 69.5 cm³/mol. The number of hydrogen-bond donors (Lipinski definition) is 1. The van der Waals surface area contributed by atoms with Crippen LogP contribution in [0.25, 0.3) is 11.3 Å². The lowest BCUT2D eigenvalue weighted by molar-refractivity contribution is -0.105. The van der Waals surface area contributed by atoms with Gasteiger partial charge in [-0.25, -0.2) is 9.07 Å². The molecule has 0 bridgehead atoms. The number of carbonyl (C=O) groups is 1. The first-order valence-corrected chi connectivity index (χ1v) is 5.81. The molecule has 1 heterocycles. The Hall–Kier alpha value is -2.37. The summed E-state index contributed by atoms with van der Waals surface area (Å²) in [5.74, 6) is 0.610. The van der Waals surface area contributed by atoms with E-state index in [2.05, 4.69) is 10.4 Å². The molecule has 0 aliphatic rings. The Balaban J connectivity index is 2.49.